The average Bonchev–Trinajstić information content (AvgIpc) is 2.33. The highest BCUT2D eigenvalue weighted by Gasteiger charge is 2.06. The van der Waals surface area contributed by atoms with E-state index >= 15 is 0 Å². The van der Waals surface area contributed by atoms with E-state index < -0.39 is 0 Å². The second-order valence-electron chi connectivity index (χ2n) is 3.78. The summed E-state index contributed by atoms with van der Waals surface area (Å²) in [5.41, 5.74) is 2.50. The third-order valence-corrected chi connectivity index (χ3v) is 3.00. The lowest BCUT2D eigenvalue weighted by Crippen LogP contribution is -2.24. The molecule has 0 aliphatic carbocycles. The molecule has 0 aliphatic heterocycles. The van der Waals surface area contributed by atoms with Crippen LogP contribution in [-0.4, -0.2) is 26.2 Å². The zero-order valence-electron chi connectivity index (χ0n) is 11.0. The Morgan fingerprint density at radius 2 is 1.50 bits per heavy atom. The molecule has 0 unspecified atom stereocenters. The zero-order valence-corrected chi connectivity index (χ0v) is 11.0. The minimum Gasteiger partial charge on any atom is -0.372 e. The molecule has 0 amide bonds. The first-order valence-corrected chi connectivity index (χ1v) is 6.28. The Hall–Kier alpha value is -1.18. The molecule has 1 rings (SSSR count). The van der Waals surface area contributed by atoms with Gasteiger partial charge in [0.2, 0.25) is 0 Å². The highest BCUT2D eigenvalue weighted by molar-refractivity contribution is 5.58. The van der Waals surface area contributed by atoms with Crippen molar-refractivity contribution in [2.45, 2.75) is 27.7 Å². The smallest absolute Gasteiger partial charge is 0.0467 e. The Kier molecular flexibility index (Phi) is 5.17. The fourth-order valence-corrected chi connectivity index (χ4v) is 1.97. The van der Waals surface area contributed by atoms with E-state index in [1.165, 1.54) is 11.4 Å². The van der Waals surface area contributed by atoms with E-state index in [4.69, 9.17) is 0 Å². The number of anilines is 2. The summed E-state index contributed by atoms with van der Waals surface area (Å²) in [5, 5.41) is 0. The van der Waals surface area contributed by atoms with Crippen LogP contribution in [0.5, 0.6) is 0 Å². The van der Waals surface area contributed by atoms with Crippen molar-refractivity contribution >= 4 is 11.4 Å². The second-order valence-corrected chi connectivity index (χ2v) is 3.78. The number of nitrogens with zero attached hydrogens (tertiary/aromatic N) is 2. The summed E-state index contributed by atoms with van der Waals surface area (Å²) in [6.45, 7) is 12.9. The first-order valence-electron chi connectivity index (χ1n) is 6.28. The van der Waals surface area contributed by atoms with Gasteiger partial charge in [-0.25, -0.2) is 0 Å². The van der Waals surface area contributed by atoms with Gasteiger partial charge in [-0.15, -0.1) is 0 Å². The summed E-state index contributed by atoms with van der Waals surface area (Å²) < 4.78 is 0. The quantitative estimate of drug-likeness (QED) is 0.725. The monoisotopic (exact) mass is 219 g/mol. The van der Waals surface area contributed by atoms with Crippen LogP contribution in [0.3, 0.4) is 0 Å². The molecule has 0 bridgehead atoms. The van der Waals surface area contributed by atoms with Crippen molar-refractivity contribution in [1.29, 1.82) is 0 Å². The van der Waals surface area contributed by atoms with Crippen LogP contribution >= 0.6 is 0 Å². The molecule has 0 N–H and O–H groups in total. The van der Waals surface area contributed by atoms with Crippen molar-refractivity contribution in [1.82, 2.24) is 0 Å². The maximum absolute atomic E-state index is 3.31. The summed E-state index contributed by atoms with van der Waals surface area (Å²) in [7, 11) is 0. The molecule has 89 valence electrons. The Morgan fingerprint density at radius 3 is 2.00 bits per heavy atom. The van der Waals surface area contributed by atoms with Crippen LogP contribution < -0.4 is 9.80 Å². The lowest BCUT2D eigenvalue weighted by atomic mass is 10.2. The largest absolute Gasteiger partial charge is 0.372 e. The van der Waals surface area contributed by atoms with Gasteiger partial charge in [-0.3, -0.25) is 0 Å². The van der Waals surface area contributed by atoms with E-state index in [1.54, 1.807) is 0 Å². The number of benzene rings is 1. The average molecular weight is 219 g/mol. The van der Waals surface area contributed by atoms with Crippen molar-refractivity contribution < 1.29 is 0 Å². The minimum absolute atomic E-state index is 1.04. The molecule has 2 nitrogen and oxygen atoms in total. The van der Waals surface area contributed by atoms with Crippen LogP contribution in [0.2, 0.25) is 0 Å². The standard InChI is InChI=1S/C14H23N2/c1-5-15(6-2)13-10-9-11-14(12-13)16(7-3)8-4/h9-10,12H,5-8H2,1-4H3. The molecule has 0 saturated heterocycles. The molecule has 0 fully saturated rings. The molecule has 1 aromatic rings. The van der Waals surface area contributed by atoms with Gasteiger partial charge in [0.05, 0.1) is 0 Å². The molecular weight excluding hydrogens is 196 g/mol. The highest BCUT2D eigenvalue weighted by atomic mass is 15.1. The van der Waals surface area contributed by atoms with Crippen LogP contribution in [0.25, 0.3) is 0 Å². The van der Waals surface area contributed by atoms with Crippen molar-refractivity contribution in [3.8, 4) is 0 Å². The van der Waals surface area contributed by atoms with Gasteiger partial charge in [0, 0.05) is 43.6 Å². The third kappa shape index (κ3) is 2.91. The van der Waals surface area contributed by atoms with Gasteiger partial charge in [-0.2, -0.15) is 0 Å². The predicted octanol–water partition coefficient (Wildman–Crippen LogP) is 3.18. The van der Waals surface area contributed by atoms with Crippen LogP contribution in [0, 0.1) is 6.07 Å². The van der Waals surface area contributed by atoms with Gasteiger partial charge in [-0.05, 0) is 39.8 Å². The second kappa shape index (κ2) is 6.41. The minimum atomic E-state index is 1.04. The Bertz CT molecular complexity index is 274. The van der Waals surface area contributed by atoms with Crippen molar-refractivity contribution in [3.05, 3.63) is 24.3 Å². The summed E-state index contributed by atoms with van der Waals surface area (Å²) >= 11 is 0. The molecule has 16 heavy (non-hydrogen) atoms. The van der Waals surface area contributed by atoms with Crippen LogP contribution in [-0.2, 0) is 0 Å². The fourth-order valence-electron chi connectivity index (χ4n) is 1.97. The zero-order chi connectivity index (χ0) is 12.0. The van der Waals surface area contributed by atoms with Crippen LogP contribution in [0.15, 0.2) is 18.2 Å². The Labute approximate surface area is 99.9 Å². The lowest BCUT2D eigenvalue weighted by Gasteiger charge is -2.25. The van der Waals surface area contributed by atoms with Gasteiger partial charge >= 0.3 is 0 Å². The van der Waals surface area contributed by atoms with Gasteiger partial charge in [0.15, 0.2) is 0 Å². The molecule has 0 aromatic heterocycles. The molecule has 1 radical (unpaired) electrons. The number of hydrogen-bond donors (Lipinski definition) is 0. The number of hydrogen-bond acceptors (Lipinski definition) is 2. The number of rotatable bonds is 6. The highest BCUT2D eigenvalue weighted by Crippen LogP contribution is 2.21. The molecule has 0 heterocycles. The summed E-state index contributed by atoms with van der Waals surface area (Å²) in [4.78, 5) is 4.69. The maximum atomic E-state index is 3.31. The molecular formula is C14H23N2. The van der Waals surface area contributed by atoms with E-state index in [1.807, 2.05) is 6.07 Å². The topological polar surface area (TPSA) is 6.48 Å². The summed E-state index contributed by atoms with van der Waals surface area (Å²) in [5.74, 6) is 0. The van der Waals surface area contributed by atoms with E-state index in [-0.39, 0.29) is 0 Å². The molecule has 0 atom stereocenters. The van der Waals surface area contributed by atoms with Gasteiger partial charge in [0.1, 0.15) is 0 Å². The van der Waals surface area contributed by atoms with E-state index in [0.29, 0.717) is 0 Å². The van der Waals surface area contributed by atoms with E-state index in [9.17, 15) is 0 Å². The fraction of sp³-hybridized carbons (Fsp3) is 0.571. The van der Waals surface area contributed by atoms with Crippen molar-refractivity contribution in [2.75, 3.05) is 36.0 Å². The first-order chi connectivity index (χ1) is 7.76. The van der Waals surface area contributed by atoms with Gasteiger partial charge < -0.3 is 9.80 Å². The lowest BCUT2D eigenvalue weighted by molar-refractivity contribution is 0.851. The maximum Gasteiger partial charge on any atom is 0.0467 e. The first kappa shape index (κ1) is 12.9. The Balaban J connectivity index is 2.93. The normalized spacial score (nSPS) is 10.2. The van der Waals surface area contributed by atoms with Crippen molar-refractivity contribution in [2.24, 2.45) is 0 Å². The summed E-state index contributed by atoms with van der Waals surface area (Å²) in [6, 6.07) is 9.72. The summed E-state index contributed by atoms with van der Waals surface area (Å²) in [6.07, 6.45) is 0. The van der Waals surface area contributed by atoms with Gasteiger partial charge in [0.25, 0.3) is 0 Å². The van der Waals surface area contributed by atoms with Crippen LogP contribution in [0.4, 0.5) is 11.4 Å². The molecule has 0 aliphatic rings. The van der Waals surface area contributed by atoms with Crippen LogP contribution in [0.1, 0.15) is 27.7 Å². The van der Waals surface area contributed by atoms with E-state index in [2.05, 4.69) is 55.7 Å². The van der Waals surface area contributed by atoms with Gasteiger partial charge in [-0.1, -0.05) is 6.07 Å². The van der Waals surface area contributed by atoms with E-state index in [0.717, 1.165) is 26.2 Å². The molecule has 2 heteroatoms. The third-order valence-electron chi connectivity index (χ3n) is 3.00. The molecule has 1 aromatic carbocycles. The predicted molar refractivity (Wildman–Crippen MR) is 72.4 cm³/mol. The Morgan fingerprint density at radius 1 is 0.938 bits per heavy atom. The SMILES string of the molecule is CCN(CC)c1[c]ccc(N(CC)CC)c1. The molecule has 0 saturated carbocycles. The van der Waals surface area contributed by atoms with Crippen molar-refractivity contribution in [3.63, 3.8) is 0 Å². The molecule has 0 spiro atoms.